The Bertz CT molecular complexity index is 194. The molecule has 1 unspecified atom stereocenters. The van der Waals surface area contributed by atoms with Crippen molar-refractivity contribution in [3.05, 3.63) is 0 Å². The SMILES string of the molecule is CCCNC(=O)C(CC(N)=O)NCC. The van der Waals surface area contributed by atoms with E-state index in [2.05, 4.69) is 10.6 Å². The van der Waals surface area contributed by atoms with Crippen molar-refractivity contribution in [1.82, 2.24) is 10.6 Å². The van der Waals surface area contributed by atoms with E-state index in [1.165, 1.54) is 0 Å². The molecule has 5 nitrogen and oxygen atoms in total. The molecule has 0 aromatic rings. The molecule has 0 aliphatic heterocycles. The maximum atomic E-state index is 11.4. The monoisotopic (exact) mass is 201 g/mol. The Morgan fingerprint density at radius 2 is 2.00 bits per heavy atom. The first-order valence-corrected chi connectivity index (χ1v) is 4.91. The van der Waals surface area contributed by atoms with E-state index in [4.69, 9.17) is 5.73 Å². The van der Waals surface area contributed by atoms with Crippen molar-refractivity contribution in [2.45, 2.75) is 32.7 Å². The summed E-state index contributed by atoms with van der Waals surface area (Å²) in [6.07, 6.45) is 0.921. The summed E-state index contributed by atoms with van der Waals surface area (Å²) in [5, 5.41) is 5.62. The molecule has 5 heteroatoms. The van der Waals surface area contributed by atoms with Crippen LogP contribution in [-0.2, 0) is 9.59 Å². The Labute approximate surface area is 84.4 Å². The standard InChI is InChI=1S/C9H19N3O2/c1-3-5-12-9(14)7(11-4-2)6-8(10)13/h7,11H,3-6H2,1-2H3,(H2,10,13)(H,12,14). The maximum absolute atomic E-state index is 11.4. The van der Waals surface area contributed by atoms with E-state index >= 15 is 0 Å². The summed E-state index contributed by atoms with van der Waals surface area (Å²) in [4.78, 5) is 22.1. The number of carbonyl (C=O) groups excluding carboxylic acids is 2. The third-order valence-electron chi connectivity index (χ3n) is 1.72. The van der Waals surface area contributed by atoms with Gasteiger partial charge in [0.2, 0.25) is 11.8 Å². The summed E-state index contributed by atoms with van der Waals surface area (Å²) < 4.78 is 0. The number of amides is 2. The molecule has 0 saturated heterocycles. The Hall–Kier alpha value is -1.10. The van der Waals surface area contributed by atoms with Crippen molar-refractivity contribution < 1.29 is 9.59 Å². The van der Waals surface area contributed by atoms with Gasteiger partial charge in [-0.25, -0.2) is 0 Å². The first kappa shape index (κ1) is 12.9. The zero-order valence-electron chi connectivity index (χ0n) is 8.80. The molecular formula is C9H19N3O2. The van der Waals surface area contributed by atoms with Crippen LogP contribution in [0.1, 0.15) is 26.7 Å². The summed E-state index contributed by atoms with van der Waals surface area (Å²) in [5.74, 6) is -0.630. The second-order valence-corrected chi connectivity index (χ2v) is 3.07. The lowest BCUT2D eigenvalue weighted by atomic mass is 10.2. The van der Waals surface area contributed by atoms with Crippen LogP contribution in [0.4, 0.5) is 0 Å². The molecule has 1 atom stereocenters. The van der Waals surface area contributed by atoms with Crippen LogP contribution < -0.4 is 16.4 Å². The molecule has 0 bridgehead atoms. The summed E-state index contributed by atoms with van der Waals surface area (Å²) in [6.45, 7) is 5.11. The van der Waals surface area contributed by atoms with E-state index in [9.17, 15) is 9.59 Å². The molecule has 4 N–H and O–H groups in total. The number of likely N-dealkylation sites (N-methyl/N-ethyl adjacent to an activating group) is 1. The van der Waals surface area contributed by atoms with Crippen LogP contribution in [0.15, 0.2) is 0 Å². The number of nitrogens with two attached hydrogens (primary N) is 1. The van der Waals surface area contributed by atoms with Gasteiger partial charge in [-0.1, -0.05) is 13.8 Å². The molecule has 0 saturated carbocycles. The lowest BCUT2D eigenvalue weighted by Gasteiger charge is -2.15. The topological polar surface area (TPSA) is 84.2 Å². The predicted molar refractivity (Wildman–Crippen MR) is 54.6 cm³/mol. The normalized spacial score (nSPS) is 12.1. The molecule has 2 amide bonds. The van der Waals surface area contributed by atoms with Gasteiger partial charge in [-0.05, 0) is 13.0 Å². The van der Waals surface area contributed by atoms with Crippen LogP contribution >= 0.6 is 0 Å². The molecular weight excluding hydrogens is 182 g/mol. The largest absolute Gasteiger partial charge is 0.370 e. The molecule has 0 spiro atoms. The number of nitrogens with one attached hydrogen (secondary N) is 2. The number of hydrogen-bond acceptors (Lipinski definition) is 3. The van der Waals surface area contributed by atoms with Crippen LogP contribution in [0.5, 0.6) is 0 Å². The quantitative estimate of drug-likeness (QED) is 0.512. The van der Waals surface area contributed by atoms with Crippen molar-refractivity contribution in [2.75, 3.05) is 13.1 Å². The van der Waals surface area contributed by atoms with Crippen LogP contribution in [0, 0.1) is 0 Å². The molecule has 0 aromatic carbocycles. The third kappa shape index (κ3) is 5.53. The van der Waals surface area contributed by atoms with Gasteiger partial charge in [-0.3, -0.25) is 9.59 Å². The lowest BCUT2D eigenvalue weighted by Crippen LogP contribution is -2.46. The van der Waals surface area contributed by atoms with Crippen LogP contribution in [0.25, 0.3) is 0 Å². The van der Waals surface area contributed by atoms with Gasteiger partial charge < -0.3 is 16.4 Å². The molecule has 0 fully saturated rings. The highest BCUT2D eigenvalue weighted by molar-refractivity contribution is 5.87. The molecule has 0 aromatic heterocycles. The third-order valence-corrected chi connectivity index (χ3v) is 1.72. The Morgan fingerprint density at radius 3 is 2.43 bits per heavy atom. The van der Waals surface area contributed by atoms with Crippen molar-refractivity contribution in [1.29, 1.82) is 0 Å². The molecule has 0 radical (unpaired) electrons. The second kappa shape index (κ2) is 7.32. The Balaban J connectivity index is 4.03. The van der Waals surface area contributed by atoms with E-state index in [-0.39, 0.29) is 12.3 Å². The zero-order chi connectivity index (χ0) is 11.0. The van der Waals surface area contributed by atoms with Gasteiger partial charge in [0.25, 0.3) is 0 Å². The zero-order valence-corrected chi connectivity index (χ0v) is 8.80. The van der Waals surface area contributed by atoms with Gasteiger partial charge in [-0.2, -0.15) is 0 Å². The Kier molecular flexibility index (Phi) is 6.74. The van der Waals surface area contributed by atoms with E-state index < -0.39 is 11.9 Å². The fourth-order valence-corrected chi connectivity index (χ4v) is 1.08. The van der Waals surface area contributed by atoms with E-state index in [1.807, 2.05) is 13.8 Å². The van der Waals surface area contributed by atoms with Crippen molar-refractivity contribution in [2.24, 2.45) is 5.73 Å². The lowest BCUT2D eigenvalue weighted by molar-refractivity contribution is -0.127. The van der Waals surface area contributed by atoms with E-state index in [1.54, 1.807) is 0 Å². The molecule has 14 heavy (non-hydrogen) atoms. The first-order valence-electron chi connectivity index (χ1n) is 4.91. The molecule has 0 aliphatic rings. The van der Waals surface area contributed by atoms with E-state index in [0.717, 1.165) is 6.42 Å². The fourth-order valence-electron chi connectivity index (χ4n) is 1.08. The van der Waals surface area contributed by atoms with Gasteiger partial charge in [0.15, 0.2) is 0 Å². The van der Waals surface area contributed by atoms with Crippen molar-refractivity contribution >= 4 is 11.8 Å². The highest BCUT2D eigenvalue weighted by atomic mass is 16.2. The van der Waals surface area contributed by atoms with Gasteiger partial charge in [0.05, 0.1) is 12.5 Å². The minimum atomic E-state index is -0.496. The minimum Gasteiger partial charge on any atom is -0.370 e. The summed E-state index contributed by atoms with van der Waals surface area (Å²) in [6, 6.07) is -0.496. The number of rotatable bonds is 7. The van der Waals surface area contributed by atoms with Gasteiger partial charge in [-0.15, -0.1) is 0 Å². The minimum absolute atomic E-state index is 0.0450. The Morgan fingerprint density at radius 1 is 1.36 bits per heavy atom. The summed E-state index contributed by atoms with van der Waals surface area (Å²) in [5.41, 5.74) is 5.03. The average molecular weight is 201 g/mol. The molecule has 82 valence electrons. The second-order valence-electron chi connectivity index (χ2n) is 3.07. The molecule has 0 aliphatic carbocycles. The van der Waals surface area contributed by atoms with Crippen LogP contribution in [0.3, 0.4) is 0 Å². The first-order chi connectivity index (χ1) is 6.61. The average Bonchev–Trinajstić information content (AvgIpc) is 2.13. The maximum Gasteiger partial charge on any atom is 0.237 e. The highest BCUT2D eigenvalue weighted by Crippen LogP contribution is 1.91. The fraction of sp³-hybridized carbons (Fsp3) is 0.778. The highest BCUT2D eigenvalue weighted by Gasteiger charge is 2.18. The number of carbonyl (C=O) groups is 2. The van der Waals surface area contributed by atoms with Crippen LogP contribution in [-0.4, -0.2) is 30.9 Å². The van der Waals surface area contributed by atoms with Crippen molar-refractivity contribution in [3.63, 3.8) is 0 Å². The van der Waals surface area contributed by atoms with Gasteiger partial charge in [0.1, 0.15) is 0 Å². The summed E-state index contributed by atoms with van der Waals surface area (Å²) >= 11 is 0. The molecule has 0 heterocycles. The van der Waals surface area contributed by atoms with Crippen LogP contribution in [0.2, 0.25) is 0 Å². The van der Waals surface area contributed by atoms with Gasteiger partial charge >= 0.3 is 0 Å². The smallest absolute Gasteiger partial charge is 0.237 e. The van der Waals surface area contributed by atoms with Gasteiger partial charge in [0, 0.05) is 6.54 Å². The predicted octanol–water partition coefficient (Wildman–Crippen LogP) is -0.634. The molecule has 0 rings (SSSR count). The number of hydrogen-bond donors (Lipinski definition) is 3. The summed E-state index contributed by atoms with van der Waals surface area (Å²) in [7, 11) is 0. The van der Waals surface area contributed by atoms with Crippen molar-refractivity contribution in [3.8, 4) is 0 Å². The van der Waals surface area contributed by atoms with E-state index in [0.29, 0.717) is 13.1 Å². The number of primary amides is 1.